The number of esters is 1. The summed E-state index contributed by atoms with van der Waals surface area (Å²) in [7, 11) is 3.02. The number of methoxy groups -OCH3 is 2. The van der Waals surface area contributed by atoms with E-state index in [1.165, 1.54) is 13.3 Å². The lowest BCUT2D eigenvalue weighted by atomic mass is 10.1. The normalized spacial score (nSPS) is 10.7. The number of hydrogen-bond donors (Lipinski definition) is 1. The van der Waals surface area contributed by atoms with Crippen molar-refractivity contribution < 1.29 is 28.5 Å². The highest BCUT2D eigenvalue weighted by atomic mass is 16.6. The number of fused-ring (bicyclic) bond motifs is 1. The Bertz CT molecular complexity index is 1400. The van der Waals surface area contributed by atoms with Crippen LogP contribution in [-0.2, 0) is 4.79 Å². The van der Waals surface area contributed by atoms with Gasteiger partial charge in [-0.05, 0) is 70.9 Å². The number of amides is 1. The van der Waals surface area contributed by atoms with Crippen LogP contribution in [0.25, 0.3) is 10.8 Å². The quantitative estimate of drug-likeness (QED) is 0.161. The number of rotatable bonds is 9. The predicted octanol–water partition coefficient (Wildman–Crippen LogP) is 4.61. The van der Waals surface area contributed by atoms with Gasteiger partial charge in [0.25, 0.3) is 5.91 Å². The molecule has 0 aromatic heterocycles. The lowest BCUT2D eigenvalue weighted by Crippen LogP contribution is -2.24. The van der Waals surface area contributed by atoms with Gasteiger partial charge in [0.2, 0.25) is 0 Å². The number of nitrogens with one attached hydrogen (secondary N) is 1. The zero-order chi connectivity index (χ0) is 25.3. The Kier molecular flexibility index (Phi) is 7.77. The Balaban J connectivity index is 1.31. The van der Waals surface area contributed by atoms with Crippen LogP contribution in [0.2, 0.25) is 0 Å². The van der Waals surface area contributed by atoms with E-state index in [1.54, 1.807) is 49.6 Å². The summed E-state index contributed by atoms with van der Waals surface area (Å²) in [5.41, 5.74) is 3.43. The molecule has 0 aliphatic heterocycles. The van der Waals surface area contributed by atoms with Crippen molar-refractivity contribution >= 4 is 28.9 Å². The SMILES string of the molecule is COc1ccc(C(=O)Oc2ccc(C=NNC(=O)COc3ccc4ccccc4c3)cc2OC)cc1. The minimum Gasteiger partial charge on any atom is -0.497 e. The van der Waals surface area contributed by atoms with Crippen molar-refractivity contribution in [2.45, 2.75) is 0 Å². The molecule has 36 heavy (non-hydrogen) atoms. The van der Waals surface area contributed by atoms with Gasteiger partial charge < -0.3 is 18.9 Å². The third kappa shape index (κ3) is 6.18. The Morgan fingerprint density at radius 2 is 1.56 bits per heavy atom. The maximum atomic E-state index is 12.4. The maximum Gasteiger partial charge on any atom is 0.343 e. The summed E-state index contributed by atoms with van der Waals surface area (Å²) in [4.78, 5) is 24.5. The number of benzene rings is 4. The smallest absolute Gasteiger partial charge is 0.343 e. The van der Waals surface area contributed by atoms with Crippen LogP contribution in [0.5, 0.6) is 23.0 Å². The molecule has 4 rings (SSSR count). The van der Waals surface area contributed by atoms with E-state index in [-0.39, 0.29) is 12.4 Å². The second kappa shape index (κ2) is 11.5. The van der Waals surface area contributed by atoms with E-state index in [0.717, 1.165) is 10.8 Å². The molecule has 8 heteroatoms. The minimum atomic E-state index is -0.531. The second-order valence-electron chi connectivity index (χ2n) is 7.62. The lowest BCUT2D eigenvalue weighted by Gasteiger charge is -2.10. The van der Waals surface area contributed by atoms with E-state index < -0.39 is 11.9 Å². The van der Waals surface area contributed by atoms with Crippen LogP contribution >= 0.6 is 0 Å². The molecule has 0 bridgehead atoms. The van der Waals surface area contributed by atoms with E-state index in [2.05, 4.69) is 10.5 Å². The van der Waals surface area contributed by atoms with Crippen LogP contribution in [0.15, 0.2) is 90.0 Å². The van der Waals surface area contributed by atoms with Gasteiger partial charge in [-0.25, -0.2) is 10.2 Å². The Labute approximate surface area is 208 Å². The van der Waals surface area contributed by atoms with Crippen LogP contribution in [0.1, 0.15) is 15.9 Å². The van der Waals surface area contributed by atoms with Crippen molar-refractivity contribution in [2.75, 3.05) is 20.8 Å². The molecule has 8 nitrogen and oxygen atoms in total. The first kappa shape index (κ1) is 24.3. The van der Waals surface area contributed by atoms with Gasteiger partial charge in [-0.3, -0.25) is 4.79 Å². The van der Waals surface area contributed by atoms with Crippen molar-refractivity contribution in [1.82, 2.24) is 5.43 Å². The fraction of sp³-hybridized carbons (Fsp3) is 0.107. The van der Waals surface area contributed by atoms with Crippen molar-refractivity contribution in [1.29, 1.82) is 0 Å². The van der Waals surface area contributed by atoms with Gasteiger partial charge in [0.15, 0.2) is 18.1 Å². The van der Waals surface area contributed by atoms with E-state index in [0.29, 0.717) is 28.4 Å². The van der Waals surface area contributed by atoms with Crippen LogP contribution in [-0.4, -0.2) is 38.9 Å². The first-order valence-electron chi connectivity index (χ1n) is 11.0. The summed E-state index contributed by atoms with van der Waals surface area (Å²) in [6.07, 6.45) is 1.45. The second-order valence-corrected chi connectivity index (χ2v) is 7.62. The van der Waals surface area contributed by atoms with Crippen molar-refractivity contribution in [3.8, 4) is 23.0 Å². The molecule has 0 fully saturated rings. The highest BCUT2D eigenvalue weighted by Crippen LogP contribution is 2.28. The fourth-order valence-corrected chi connectivity index (χ4v) is 3.35. The molecule has 0 radical (unpaired) electrons. The molecule has 0 aliphatic carbocycles. The average Bonchev–Trinajstić information content (AvgIpc) is 2.92. The molecule has 0 unspecified atom stereocenters. The van der Waals surface area contributed by atoms with Crippen LogP contribution in [0.3, 0.4) is 0 Å². The number of hydrogen-bond acceptors (Lipinski definition) is 7. The molecule has 4 aromatic rings. The molecule has 0 atom stereocenters. The lowest BCUT2D eigenvalue weighted by molar-refractivity contribution is -0.123. The average molecular weight is 485 g/mol. The van der Waals surface area contributed by atoms with Gasteiger partial charge in [-0.1, -0.05) is 30.3 Å². The number of carbonyl (C=O) groups excluding carboxylic acids is 2. The molecule has 0 aliphatic rings. The molecule has 182 valence electrons. The zero-order valence-electron chi connectivity index (χ0n) is 19.8. The van der Waals surface area contributed by atoms with Gasteiger partial charge >= 0.3 is 5.97 Å². The van der Waals surface area contributed by atoms with E-state index in [9.17, 15) is 9.59 Å². The topological polar surface area (TPSA) is 95.5 Å². The van der Waals surface area contributed by atoms with E-state index in [1.807, 2.05) is 42.5 Å². The first-order valence-corrected chi connectivity index (χ1v) is 11.0. The van der Waals surface area contributed by atoms with E-state index in [4.69, 9.17) is 18.9 Å². The van der Waals surface area contributed by atoms with Gasteiger partial charge in [-0.2, -0.15) is 5.10 Å². The maximum absolute atomic E-state index is 12.4. The Morgan fingerprint density at radius 1 is 0.806 bits per heavy atom. The van der Waals surface area contributed by atoms with Crippen molar-refractivity contribution in [3.63, 3.8) is 0 Å². The molecule has 0 saturated carbocycles. The standard InChI is InChI=1S/C28H24N2O6/c1-33-23-11-9-21(10-12-23)28(32)36-25-14-7-19(15-26(25)34-2)17-29-30-27(31)18-35-24-13-8-20-5-3-4-6-22(20)16-24/h3-17H,18H2,1-2H3,(H,30,31). The van der Waals surface area contributed by atoms with Crippen LogP contribution in [0.4, 0.5) is 0 Å². The molecule has 1 amide bonds. The molecule has 0 spiro atoms. The number of hydrazone groups is 1. The third-order valence-corrected chi connectivity index (χ3v) is 5.21. The summed E-state index contributed by atoms with van der Waals surface area (Å²) >= 11 is 0. The predicted molar refractivity (Wildman–Crippen MR) is 136 cm³/mol. The molecular formula is C28H24N2O6. The molecule has 4 aromatic carbocycles. The number of nitrogens with zero attached hydrogens (tertiary/aromatic N) is 1. The van der Waals surface area contributed by atoms with Gasteiger partial charge in [0.05, 0.1) is 26.0 Å². The summed E-state index contributed by atoms with van der Waals surface area (Å²) in [5.74, 6) is 0.889. The molecule has 0 saturated heterocycles. The van der Waals surface area contributed by atoms with Crippen molar-refractivity contribution in [2.24, 2.45) is 5.10 Å². The highest BCUT2D eigenvalue weighted by molar-refractivity contribution is 5.92. The number of ether oxygens (including phenoxy) is 4. The Morgan fingerprint density at radius 3 is 2.31 bits per heavy atom. The summed E-state index contributed by atoms with van der Waals surface area (Å²) in [5, 5.41) is 6.08. The zero-order valence-corrected chi connectivity index (χ0v) is 19.8. The van der Waals surface area contributed by atoms with E-state index >= 15 is 0 Å². The van der Waals surface area contributed by atoms with Gasteiger partial charge in [0, 0.05) is 0 Å². The van der Waals surface area contributed by atoms with Gasteiger partial charge in [0.1, 0.15) is 11.5 Å². The highest BCUT2D eigenvalue weighted by Gasteiger charge is 2.13. The third-order valence-electron chi connectivity index (χ3n) is 5.21. The fourth-order valence-electron chi connectivity index (χ4n) is 3.35. The summed E-state index contributed by atoms with van der Waals surface area (Å²) < 4.78 is 21.4. The van der Waals surface area contributed by atoms with Crippen LogP contribution < -0.4 is 24.4 Å². The molecular weight excluding hydrogens is 460 g/mol. The monoisotopic (exact) mass is 484 g/mol. The first-order chi connectivity index (χ1) is 17.6. The molecule has 0 heterocycles. The Hall–Kier alpha value is -4.85. The number of carbonyl (C=O) groups is 2. The summed E-state index contributed by atoms with van der Waals surface area (Å²) in [6, 6.07) is 25.0. The van der Waals surface area contributed by atoms with Crippen molar-refractivity contribution in [3.05, 3.63) is 96.1 Å². The molecule has 1 N–H and O–H groups in total. The summed E-state index contributed by atoms with van der Waals surface area (Å²) in [6.45, 7) is -0.181. The van der Waals surface area contributed by atoms with Gasteiger partial charge in [-0.15, -0.1) is 0 Å². The van der Waals surface area contributed by atoms with Crippen LogP contribution in [0, 0.1) is 0 Å². The largest absolute Gasteiger partial charge is 0.497 e. The minimum absolute atomic E-state index is 0.181.